The predicted octanol–water partition coefficient (Wildman–Crippen LogP) is 0.853. The van der Waals surface area contributed by atoms with Crippen LogP contribution in [0, 0.1) is 17.3 Å². The van der Waals surface area contributed by atoms with Crippen molar-refractivity contribution < 1.29 is 9.59 Å². The molecule has 1 fully saturated rings. The van der Waals surface area contributed by atoms with Crippen LogP contribution in [-0.2, 0) is 9.59 Å². The first kappa shape index (κ1) is 17.0. The molecule has 2 N–H and O–H groups in total. The fourth-order valence-electron chi connectivity index (χ4n) is 2.96. The molecule has 2 amide bonds. The Labute approximate surface area is 122 Å². The van der Waals surface area contributed by atoms with E-state index in [0.29, 0.717) is 12.5 Å². The van der Waals surface area contributed by atoms with Crippen molar-refractivity contribution in [2.45, 2.75) is 33.6 Å². The molecule has 20 heavy (non-hydrogen) atoms. The Morgan fingerprint density at radius 2 is 2.10 bits per heavy atom. The molecule has 1 saturated heterocycles. The van der Waals surface area contributed by atoms with Crippen molar-refractivity contribution in [2.75, 3.05) is 33.7 Å². The van der Waals surface area contributed by atoms with Gasteiger partial charge < -0.3 is 15.5 Å². The van der Waals surface area contributed by atoms with Gasteiger partial charge in [0.15, 0.2) is 0 Å². The number of piperidine rings is 1. The van der Waals surface area contributed by atoms with Crippen LogP contribution >= 0.6 is 0 Å². The van der Waals surface area contributed by atoms with Crippen molar-refractivity contribution in [1.29, 1.82) is 0 Å². The first-order valence-corrected chi connectivity index (χ1v) is 7.48. The summed E-state index contributed by atoms with van der Waals surface area (Å²) in [4.78, 5) is 25.9. The lowest BCUT2D eigenvalue weighted by atomic mass is 9.74. The van der Waals surface area contributed by atoms with Crippen LogP contribution in [0.3, 0.4) is 0 Å². The van der Waals surface area contributed by atoms with Crippen LogP contribution in [-0.4, -0.2) is 50.4 Å². The van der Waals surface area contributed by atoms with E-state index in [2.05, 4.69) is 10.6 Å². The van der Waals surface area contributed by atoms with Crippen molar-refractivity contribution in [3.05, 3.63) is 0 Å². The molecule has 0 aromatic carbocycles. The Morgan fingerprint density at radius 3 is 2.60 bits per heavy atom. The smallest absolute Gasteiger partial charge is 0.228 e. The summed E-state index contributed by atoms with van der Waals surface area (Å²) in [5.74, 6) is 0.277. The number of nitrogens with zero attached hydrogens (tertiary/aromatic N) is 1. The molecule has 0 aromatic rings. The number of carbonyl (C=O) groups is 2. The van der Waals surface area contributed by atoms with Crippen LogP contribution in [0.4, 0.5) is 0 Å². The van der Waals surface area contributed by atoms with Gasteiger partial charge in [0.25, 0.3) is 0 Å². The van der Waals surface area contributed by atoms with Gasteiger partial charge in [-0.2, -0.15) is 0 Å². The molecule has 0 saturated carbocycles. The second-order valence-electron chi connectivity index (χ2n) is 6.47. The molecule has 0 radical (unpaired) electrons. The maximum absolute atomic E-state index is 12.7. The molecule has 1 rings (SSSR count). The van der Waals surface area contributed by atoms with E-state index in [1.54, 1.807) is 19.0 Å². The SMILES string of the molecule is CNC(=O)C(C)CN(C)C(=O)C(C)(C)C1CCCNC1. The minimum Gasteiger partial charge on any atom is -0.359 e. The topological polar surface area (TPSA) is 61.4 Å². The minimum atomic E-state index is -0.384. The van der Waals surface area contributed by atoms with E-state index in [-0.39, 0.29) is 23.1 Å². The number of nitrogens with one attached hydrogen (secondary N) is 2. The van der Waals surface area contributed by atoms with E-state index in [9.17, 15) is 9.59 Å². The molecule has 0 aromatic heterocycles. The highest BCUT2D eigenvalue weighted by Gasteiger charge is 2.39. The summed E-state index contributed by atoms with van der Waals surface area (Å²) in [6.45, 7) is 8.30. The maximum Gasteiger partial charge on any atom is 0.228 e. The lowest BCUT2D eigenvalue weighted by molar-refractivity contribution is -0.143. The van der Waals surface area contributed by atoms with E-state index in [1.165, 1.54) is 0 Å². The number of hydrogen-bond donors (Lipinski definition) is 2. The first-order valence-electron chi connectivity index (χ1n) is 7.48. The summed E-state index contributed by atoms with van der Waals surface area (Å²) in [5.41, 5.74) is -0.384. The Morgan fingerprint density at radius 1 is 1.45 bits per heavy atom. The molecular weight excluding hydrogens is 254 g/mol. The van der Waals surface area contributed by atoms with Gasteiger partial charge >= 0.3 is 0 Å². The molecule has 5 nitrogen and oxygen atoms in total. The van der Waals surface area contributed by atoms with Gasteiger partial charge in [0.1, 0.15) is 0 Å². The van der Waals surface area contributed by atoms with E-state index in [0.717, 1.165) is 25.9 Å². The highest BCUT2D eigenvalue weighted by Crippen LogP contribution is 2.33. The summed E-state index contributed by atoms with van der Waals surface area (Å²) in [6.07, 6.45) is 2.21. The Kier molecular flexibility index (Phi) is 5.99. The third-order valence-corrected chi connectivity index (χ3v) is 4.46. The average molecular weight is 283 g/mol. The molecule has 1 heterocycles. The van der Waals surface area contributed by atoms with Gasteiger partial charge in [0.05, 0.1) is 5.92 Å². The van der Waals surface area contributed by atoms with Crippen LogP contribution in [0.2, 0.25) is 0 Å². The van der Waals surface area contributed by atoms with Gasteiger partial charge in [-0.15, -0.1) is 0 Å². The maximum atomic E-state index is 12.7. The fraction of sp³-hybridized carbons (Fsp3) is 0.867. The van der Waals surface area contributed by atoms with E-state index in [1.807, 2.05) is 20.8 Å². The van der Waals surface area contributed by atoms with Crippen molar-refractivity contribution in [2.24, 2.45) is 17.3 Å². The highest BCUT2D eigenvalue weighted by atomic mass is 16.2. The Bertz CT molecular complexity index is 349. The van der Waals surface area contributed by atoms with Gasteiger partial charge in [0.2, 0.25) is 11.8 Å². The second kappa shape index (κ2) is 7.07. The van der Waals surface area contributed by atoms with Crippen LogP contribution in [0.5, 0.6) is 0 Å². The molecular formula is C15H29N3O2. The third-order valence-electron chi connectivity index (χ3n) is 4.46. The number of rotatable bonds is 5. The molecule has 1 aliphatic rings. The largest absolute Gasteiger partial charge is 0.359 e. The van der Waals surface area contributed by atoms with Gasteiger partial charge in [-0.3, -0.25) is 9.59 Å². The Hall–Kier alpha value is -1.10. The standard InChI is InChI=1S/C15H29N3O2/c1-11(13(19)16-4)10-18(5)14(20)15(2,3)12-7-6-8-17-9-12/h11-12,17H,6-10H2,1-5H3,(H,16,19). The summed E-state index contributed by atoms with van der Waals surface area (Å²) in [5, 5.41) is 5.99. The average Bonchev–Trinajstić information content (AvgIpc) is 2.46. The van der Waals surface area contributed by atoms with Crippen molar-refractivity contribution >= 4 is 11.8 Å². The van der Waals surface area contributed by atoms with Crippen molar-refractivity contribution in [1.82, 2.24) is 15.5 Å². The molecule has 5 heteroatoms. The predicted molar refractivity (Wildman–Crippen MR) is 80.2 cm³/mol. The molecule has 2 atom stereocenters. The van der Waals surface area contributed by atoms with Crippen LogP contribution in [0.15, 0.2) is 0 Å². The summed E-state index contributed by atoms with van der Waals surface area (Å²) in [7, 11) is 3.41. The van der Waals surface area contributed by atoms with Gasteiger partial charge in [-0.25, -0.2) is 0 Å². The molecule has 2 unspecified atom stereocenters. The lowest BCUT2D eigenvalue weighted by Crippen LogP contribution is -2.49. The molecule has 1 aliphatic heterocycles. The molecule has 0 aliphatic carbocycles. The quantitative estimate of drug-likeness (QED) is 0.786. The van der Waals surface area contributed by atoms with E-state index in [4.69, 9.17) is 0 Å². The molecule has 0 spiro atoms. The van der Waals surface area contributed by atoms with Crippen molar-refractivity contribution in [3.8, 4) is 0 Å². The number of carbonyl (C=O) groups excluding carboxylic acids is 2. The first-order chi connectivity index (χ1) is 9.30. The number of amides is 2. The fourth-order valence-corrected chi connectivity index (χ4v) is 2.96. The van der Waals surface area contributed by atoms with Gasteiger partial charge in [-0.05, 0) is 31.8 Å². The summed E-state index contributed by atoms with van der Waals surface area (Å²) < 4.78 is 0. The van der Waals surface area contributed by atoms with Crippen LogP contribution < -0.4 is 10.6 Å². The highest BCUT2D eigenvalue weighted by molar-refractivity contribution is 5.83. The molecule has 116 valence electrons. The minimum absolute atomic E-state index is 0.0261. The van der Waals surface area contributed by atoms with Gasteiger partial charge in [0, 0.05) is 26.1 Å². The van der Waals surface area contributed by atoms with E-state index < -0.39 is 0 Å². The monoisotopic (exact) mass is 283 g/mol. The van der Waals surface area contributed by atoms with Crippen LogP contribution in [0.25, 0.3) is 0 Å². The molecule has 0 bridgehead atoms. The van der Waals surface area contributed by atoms with Gasteiger partial charge in [-0.1, -0.05) is 20.8 Å². The third kappa shape index (κ3) is 3.95. The van der Waals surface area contributed by atoms with Crippen molar-refractivity contribution in [3.63, 3.8) is 0 Å². The lowest BCUT2D eigenvalue weighted by Gasteiger charge is -2.39. The number of hydrogen-bond acceptors (Lipinski definition) is 3. The normalized spacial score (nSPS) is 21.1. The Balaban J connectivity index is 2.64. The zero-order valence-electron chi connectivity index (χ0n) is 13.5. The second-order valence-corrected chi connectivity index (χ2v) is 6.47. The zero-order chi connectivity index (χ0) is 15.3. The van der Waals surface area contributed by atoms with E-state index >= 15 is 0 Å². The summed E-state index contributed by atoms with van der Waals surface area (Å²) in [6, 6.07) is 0. The van der Waals surface area contributed by atoms with Crippen LogP contribution in [0.1, 0.15) is 33.6 Å². The zero-order valence-corrected chi connectivity index (χ0v) is 13.5. The summed E-state index contributed by atoms with van der Waals surface area (Å²) >= 11 is 0.